The smallest absolute Gasteiger partial charge is 0.164 e. The molecule has 0 saturated heterocycles. The molecule has 0 saturated carbocycles. The number of hydrogen-bond donors (Lipinski definition) is 0. The van der Waals surface area contributed by atoms with Gasteiger partial charge in [0.15, 0.2) is 5.78 Å². The van der Waals surface area contributed by atoms with E-state index in [4.69, 9.17) is 0 Å². The second-order valence-corrected chi connectivity index (χ2v) is 4.91. The van der Waals surface area contributed by atoms with E-state index >= 15 is 0 Å². The van der Waals surface area contributed by atoms with Crippen molar-refractivity contribution in [2.75, 3.05) is 0 Å². The third-order valence-electron chi connectivity index (χ3n) is 3.68. The molecule has 19 heavy (non-hydrogen) atoms. The molecule has 0 spiro atoms. The Morgan fingerprint density at radius 3 is 2.84 bits per heavy atom. The molecule has 3 heteroatoms. The third-order valence-corrected chi connectivity index (χ3v) is 3.68. The molecule has 1 heterocycles. The molecule has 0 atom stereocenters. The number of benzene rings is 1. The van der Waals surface area contributed by atoms with Gasteiger partial charge in [0.05, 0.1) is 11.3 Å². The number of Topliss-reactive ketones (excluding diaryl/α,β-unsaturated/α-hetero) is 1. The number of hydrogen-bond acceptors (Lipinski definition) is 2. The molecule has 0 N–H and O–H groups in total. The summed E-state index contributed by atoms with van der Waals surface area (Å²) >= 11 is 0. The summed E-state index contributed by atoms with van der Waals surface area (Å²) in [6.45, 7) is 1.97. The van der Waals surface area contributed by atoms with Gasteiger partial charge in [0.1, 0.15) is 6.07 Å². The van der Waals surface area contributed by atoms with Crippen molar-refractivity contribution in [2.24, 2.45) is 0 Å². The maximum Gasteiger partial charge on any atom is 0.164 e. The number of aryl methyl sites for hydroxylation is 1. The quantitative estimate of drug-likeness (QED) is 0.780. The van der Waals surface area contributed by atoms with E-state index in [2.05, 4.69) is 6.07 Å². The molecular weight excluding hydrogens is 236 g/mol. The highest BCUT2D eigenvalue weighted by Gasteiger charge is 2.24. The Labute approximate surface area is 112 Å². The fourth-order valence-electron chi connectivity index (χ4n) is 2.85. The van der Waals surface area contributed by atoms with Crippen LogP contribution in [0, 0.1) is 18.3 Å². The molecule has 0 amide bonds. The van der Waals surface area contributed by atoms with Gasteiger partial charge >= 0.3 is 0 Å². The summed E-state index contributed by atoms with van der Waals surface area (Å²) in [6.07, 6.45) is 4.40. The number of nitriles is 1. The van der Waals surface area contributed by atoms with Crippen molar-refractivity contribution in [1.29, 1.82) is 5.26 Å². The number of nitrogens with zero attached hydrogens (tertiary/aromatic N) is 2. The zero-order valence-electron chi connectivity index (χ0n) is 10.8. The van der Waals surface area contributed by atoms with Gasteiger partial charge in [0.2, 0.25) is 0 Å². The van der Waals surface area contributed by atoms with Crippen LogP contribution in [0.5, 0.6) is 0 Å². The van der Waals surface area contributed by atoms with Crippen molar-refractivity contribution >= 4 is 5.78 Å². The van der Waals surface area contributed by atoms with E-state index < -0.39 is 0 Å². The maximum atomic E-state index is 12.0. The molecule has 3 rings (SSSR count). The minimum absolute atomic E-state index is 0.229. The van der Waals surface area contributed by atoms with Crippen LogP contribution in [0.25, 0.3) is 5.69 Å². The second kappa shape index (κ2) is 4.40. The first-order chi connectivity index (χ1) is 9.22. The lowest BCUT2D eigenvalue weighted by Crippen LogP contribution is -2.13. The normalized spacial score (nSPS) is 14.0. The second-order valence-electron chi connectivity index (χ2n) is 4.91. The standard InChI is InChI=1S/C16H14N2O/c1-11-10-18(13-6-3-2-5-12(13)9-17)14-7-4-8-15(19)16(11)14/h2-3,5-6,10H,4,7-8H2,1H3. The Balaban J connectivity index is 2.25. The van der Waals surface area contributed by atoms with Crippen molar-refractivity contribution in [1.82, 2.24) is 4.57 Å². The van der Waals surface area contributed by atoms with Gasteiger partial charge in [0.25, 0.3) is 0 Å². The number of carbonyl (C=O) groups excluding carboxylic acids is 1. The minimum atomic E-state index is 0.229. The molecule has 3 nitrogen and oxygen atoms in total. The van der Waals surface area contributed by atoms with Crippen LogP contribution in [-0.4, -0.2) is 10.4 Å². The fourth-order valence-corrected chi connectivity index (χ4v) is 2.85. The van der Waals surface area contributed by atoms with Crippen molar-refractivity contribution < 1.29 is 4.79 Å². The predicted molar refractivity (Wildman–Crippen MR) is 72.5 cm³/mol. The number of ketones is 1. The number of fused-ring (bicyclic) bond motifs is 1. The largest absolute Gasteiger partial charge is 0.319 e. The summed E-state index contributed by atoms with van der Waals surface area (Å²) in [5.74, 6) is 0.229. The summed E-state index contributed by atoms with van der Waals surface area (Å²) in [7, 11) is 0. The number of aromatic nitrogens is 1. The van der Waals surface area contributed by atoms with E-state index in [0.29, 0.717) is 12.0 Å². The van der Waals surface area contributed by atoms with Crippen LogP contribution in [0.2, 0.25) is 0 Å². The fraction of sp³-hybridized carbons (Fsp3) is 0.250. The van der Waals surface area contributed by atoms with Crippen LogP contribution in [-0.2, 0) is 6.42 Å². The Morgan fingerprint density at radius 1 is 1.26 bits per heavy atom. The van der Waals surface area contributed by atoms with E-state index in [9.17, 15) is 10.1 Å². The maximum absolute atomic E-state index is 12.0. The molecule has 2 aromatic rings. The van der Waals surface area contributed by atoms with E-state index in [1.54, 1.807) is 0 Å². The van der Waals surface area contributed by atoms with Gasteiger partial charge in [0, 0.05) is 23.9 Å². The van der Waals surface area contributed by atoms with Gasteiger partial charge in [-0.1, -0.05) is 12.1 Å². The van der Waals surface area contributed by atoms with Crippen molar-refractivity contribution in [3.63, 3.8) is 0 Å². The molecule has 0 bridgehead atoms. The average molecular weight is 250 g/mol. The first-order valence-electron chi connectivity index (χ1n) is 6.46. The summed E-state index contributed by atoms with van der Waals surface area (Å²) in [6, 6.07) is 9.73. The highest BCUT2D eigenvalue weighted by Crippen LogP contribution is 2.29. The first kappa shape index (κ1) is 11.7. The molecule has 0 unspecified atom stereocenters. The minimum Gasteiger partial charge on any atom is -0.319 e. The van der Waals surface area contributed by atoms with Crippen molar-refractivity contribution in [3.8, 4) is 11.8 Å². The Morgan fingerprint density at radius 2 is 2.05 bits per heavy atom. The summed E-state index contributed by atoms with van der Waals surface area (Å²) < 4.78 is 2.01. The Hall–Kier alpha value is -2.34. The first-order valence-corrected chi connectivity index (χ1v) is 6.46. The zero-order chi connectivity index (χ0) is 13.4. The van der Waals surface area contributed by atoms with Gasteiger partial charge in [-0.25, -0.2) is 0 Å². The average Bonchev–Trinajstić information content (AvgIpc) is 2.77. The molecule has 94 valence electrons. The van der Waals surface area contributed by atoms with Crippen LogP contribution in [0.4, 0.5) is 0 Å². The number of rotatable bonds is 1. The molecular formula is C16H14N2O. The van der Waals surface area contributed by atoms with Crippen LogP contribution in [0.1, 0.15) is 40.0 Å². The molecule has 1 aliphatic rings. The van der Waals surface area contributed by atoms with E-state index in [-0.39, 0.29) is 5.78 Å². The van der Waals surface area contributed by atoms with Gasteiger partial charge in [-0.15, -0.1) is 0 Å². The molecule has 1 aliphatic carbocycles. The molecule has 0 fully saturated rings. The predicted octanol–water partition coefficient (Wildman–Crippen LogP) is 3.18. The molecule has 0 radical (unpaired) electrons. The molecule has 0 aliphatic heterocycles. The Bertz CT molecular complexity index is 704. The lowest BCUT2D eigenvalue weighted by Gasteiger charge is -2.15. The van der Waals surface area contributed by atoms with Crippen molar-refractivity contribution in [3.05, 3.63) is 52.8 Å². The monoisotopic (exact) mass is 250 g/mol. The number of para-hydroxylation sites is 1. The van der Waals surface area contributed by atoms with Crippen LogP contribution >= 0.6 is 0 Å². The van der Waals surface area contributed by atoms with Gasteiger partial charge in [-0.3, -0.25) is 4.79 Å². The van der Waals surface area contributed by atoms with Crippen LogP contribution in [0.3, 0.4) is 0 Å². The van der Waals surface area contributed by atoms with E-state index in [0.717, 1.165) is 35.3 Å². The topological polar surface area (TPSA) is 45.8 Å². The molecule has 1 aromatic heterocycles. The van der Waals surface area contributed by atoms with Gasteiger partial charge in [-0.2, -0.15) is 5.26 Å². The van der Waals surface area contributed by atoms with Gasteiger partial charge in [-0.05, 0) is 37.5 Å². The highest BCUT2D eigenvalue weighted by molar-refractivity contribution is 5.99. The molecule has 1 aromatic carbocycles. The van der Waals surface area contributed by atoms with Crippen molar-refractivity contribution in [2.45, 2.75) is 26.2 Å². The zero-order valence-corrected chi connectivity index (χ0v) is 10.8. The third kappa shape index (κ3) is 1.77. The summed E-state index contributed by atoms with van der Waals surface area (Å²) in [4.78, 5) is 12.0. The summed E-state index contributed by atoms with van der Waals surface area (Å²) in [5.41, 5.74) is 4.42. The highest BCUT2D eigenvalue weighted by atomic mass is 16.1. The number of carbonyl (C=O) groups is 1. The SMILES string of the molecule is Cc1cn(-c2ccccc2C#N)c2c1C(=O)CCC2. The van der Waals surface area contributed by atoms with E-state index in [1.165, 1.54) is 0 Å². The van der Waals surface area contributed by atoms with Gasteiger partial charge < -0.3 is 4.57 Å². The van der Waals surface area contributed by atoms with Crippen LogP contribution < -0.4 is 0 Å². The lowest BCUT2D eigenvalue weighted by atomic mass is 9.94. The Kier molecular flexibility index (Phi) is 2.72. The van der Waals surface area contributed by atoms with Crippen LogP contribution in [0.15, 0.2) is 30.5 Å². The van der Waals surface area contributed by atoms with E-state index in [1.807, 2.05) is 42.0 Å². The summed E-state index contributed by atoms with van der Waals surface area (Å²) in [5, 5.41) is 9.21. The lowest BCUT2D eigenvalue weighted by molar-refractivity contribution is 0.0971.